The molecule has 0 radical (unpaired) electrons. The third-order valence-corrected chi connectivity index (χ3v) is 6.80. The molecule has 4 rings (SSSR count). The van der Waals surface area contributed by atoms with Crippen molar-refractivity contribution in [2.75, 3.05) is 45.4 Å². The fourth-order valence-electron chi connectivity index (χ4n) is 4.75. The number of piperidine rings is 1. The molecule has 2 aliphatic rings. The summed E-state index contributed by atoms with van der Waals surface area (Å²) in [5.41, 5.74) is 1.14. The summed E-state index contributed by atoms with van der Waals surface area (Å²) in [4.78, 5) is 55.9. The van der Waals surface area contributed by atoms with Crippen LogP contribution in [0, 0.1) is 0 Å². The molecule has 2 heterocycles. The van der Waals surface area contributed by atoms with Crippen molar-refractivity contribution in [1.29, 1.82) is 0 Å². The van der Waals surface area contributed by atoms with Crippen molar-refractivity contribution in [3.05, 3.63) is 65.7 Å². The van der Waals surface area contributed by atoms with Gasteiger partial charge in [0.1, 0.15) is 5.54 Å². The number of benzene rings is 2. The lowest BCUT2D eigenvalue weighted by Crippen LogP contribution is -2.57. The molecule has 2 saturated heterocycles. The number of anilines is 1. The number of hydrogen-bond acceptors (Lipinski definition) is 6. The van der Waals surface area contributed by atoms with E-state index in [1.54, 1.807) is 37.2 Å². The molecular formula is C26H30N4O6. The Balaban J connectivity index is 1.52. The van der Waals surface area contributed by atoms with Crippen molar-refractivity contribution in [1.82, 2.24) is 14.7 Å². The monoisotopic (exact) mass is 494 g/mol. The van der Waals surface area contributed by atoms with Crippen LogP contribution in [0.15, 0.2) is 54.6 Å². The maximum absolute atomic E-state index is 13.8. The van der Waals surface area contributed by atoms with Gasteiger partial charge >= 0.3 is 12.1 Å². The first-order chi connectivity index (χ1) is 17.2. The first kappa shape index (κ1) is 25.0. The number of carbonyl (C=O) groups is 4. The van der Waals surface area contributed by atoms with Gasteiger partial charge in [-0.2, -0.15) is 0 Å². The molecule has 2 aromatic rings. The van der Waals surface area contributed by atoms with E-state index in [1.165, 1.54) is 9.80 Å². The summed E-state index contributed by atoms with van der Waals surface area (Å²) in [6.07, 6.45) is -0.180. The Bertz CT molecular complexity index is 1140. The van der Waals surface area contributed by atoms with Gasteiger partial charge in [-0.05, 0) is 42.7 Å². The number of likely N-dealkylation sites (N-methyl/N-ethyl adjacent to an activating group) is 1. The van der Waals surface area contributed by atoms with Crippen molar-refractivity contribution in [2.24, 2.45) is 0 Å². The van der Waals surface area contributed by atoms with Gasteiger partial charge in [-0.3, -0.25) is 9.59 Å². The van der Waals surface area contributed by atoms with Gasteiger partial charge in [0.25, 0.3) is 5.91 Å². The van der Waals surface area contributed by atoms with Crippen LogP contribution in [-0.4, -0.2) is 89.7 Å². The van der Waals surface area contributed by atoms with Crippen molar-refractivity contribution in [2.45, 2.75) is 24.9 Å². The molecule has 0 atom stereocenters. The van der Waals surface area contributed by atoms with Gasteiger partial charge in [0.05, 0.1) is 12.2 Å². The lowest BCUT2D eigenvalue weighted by atomic mass is 9.85. The van der Waals surface area contributed by atoms with Crippen molar-refractivity contribution < 1.29 is 29.0 Å². The molecule has 0 aromatic heterocycles. The standard InChI is InChI=1S/C26H30N4O6/c1-27(2)22(31)17-36-23(32)20-8-6-7-19(15-20)16-29-18-30(21-9-4-3-5-10-21)26(24(29)33)11-13-28(14-12-26)25(34)35/h3-10,15H,11-14,16-18H2,1-2H3,(H,34,35). The van der Waals surface area contributed by atoms with E-state index in [0.29, 0.717) is 25.1 Å². The molecule has 0 aliphatic carbocycles. The summed E-state index contributed by atoms with van der Waals surface area (Å²) >= 11 is 0. The van der Waals surface area contributed by atoms with Crippen LogP contribution in [0.2, 0.25) is 0 Å². The van der Waals surface area contributed by atoms with Gasteiger partial charge in [0.2, 0.25) is 5.91 Å². The summed E-state index contributed by atoms with van der Waals surface area (Å²) in [5, 5.41) is 9.39. The van der Waals surface area contributed by atoms with E-state index in [2.05, 4.69) is 4.90 Å². The fourth-order valence-corrected chi connectivity index (χ4v) is 4.75. The smallest absolute Gasteiger partial charge is 0.407 e. The summed E-state index contributed by atoms with van der Waals surface area (Å²) in [6, 6.07) is 16.5. The maximum Gasteiger partial charge on any atom is 0.407 e. The molecule has 10 nitrogen and oxygen atoms in total. The van der Waals surface area contributed by atoms with Crippen LogP contribution in [0.25, 0.3) is 0 Å². The van der Waals surface area contributed by atoms with Crippen LogP contribution < -0.4 is 4.90 Å². The largest absolute Gasteiger partial charge is 0.465 e. The highest BCUT2D eigenvalue weighted by Crippen LogP contribution is 2.40. The Morgan fingerprint density at radius 2 is 1.72 bits per heavy atom. The lowest BCUT2D eigenvalue weighted by Gasteiger charge is -2.42. The minimum absolute atomic E-state index is 0.0547. The van der Waals surface area contributed by atoms with Crippen LogP contribution in [0.5, 0.6) is 0 Å². The van der Waals surface area contributed by atoms with Crippen LogP contribution in [0.4, 0.5) is 10.5 Å². The number of esters is 1. The maximum atomic E-state index is 13.8. The lowest BCUT2D eigenvalue weighted by molar-refractivity contribution is -0.134. The third kappa shape index (κ3) is 4.98. The molecule has 0 unspecified atom stereocenters. The van der Waals surface area contributed by atoms with Crippen molar-refractivity contribution in [3.63, 3.8) is 0 Å². The Morgan fingerprint density at radius 3 is 2.36 bits per heavy atom. The predicted octanol–water partition coefficient (Wildman–Crippen LogP) is 2.25. The summed E-state index contributed by atoms with van der Waals surface area (Å²) in [6.45, 7) is 0.852. The van der Waals surface area contributed by atoms with Gasteiger partial charge in [0.15, 0.2) is 6.61 Å². The number of para-hydroxylation sites is 1. The van der Waals surface area contributed by atoms with Gasteiger partial charge < -0.3 is 29.4 Å². The van der Waals surface area contributed by atoms with Crippen molar-refractivity contribution >= 4 is 29.6 Å². The number of carboxylic acid groups (broad SMARTS) is 1. The number of ether oxygens (including phenoxy) is 1. The number of hydrogen-bond donors (Lipinski definition) is 1. The molecule has 0 bridgehead atoms. The Labute approximate surface area is 209 Å². The molecule has 3 amide bonds. The second kappa shape index (κ2) is 10.3. The molecule has 1 spiro atoms. The first-order valence-corrected chi connectivity index (χ1v) is 11.8. The number of nitrogens with zero attached hydrogens (tertiary/aromatic N) is 4. The average Bonchev–Trinajstić information content (AvgIpc) is 3.14. The van der Waals surface area contributed by atoms with Gasteiger partial charge in [-0.1, -0.05) is 30.3 Å². The van der Waals surface area contributed by atoms with E-state index in [1.807, 2.05) is 36.4 Å². The molecule has 2 aromatic carbocycles. The molecule has 36 heavy (non-hydrogen) atoms. The first-order valence-electron chi connectivity index (χ1n) is 11.8. The SMILES string of the molecule is CN(C)C(=O)COC(=O)c1cccc(CN2CN(c3ccccc3)C3(CCN(C(=O)O)CC3)C2=O)c1. The zero-order valence-electron chi connectivity index (χ0n) is 20.4. The molecule has 0 saturated carbocycles. The molecular weight excluding hydrogens is 464 g/mol. The van der Waals surface area contributed by atoms with E-state index in [9.17, 15) is 24.3 Å². The highest BCUT2D eigenvalue weighted by atomic mass is 16.5. The van der Waals surface area contributed by atoms with Crippen LogP contribution in [-0.2, 0) is 20.9 Å². The van der Waals surface area contributed by atoms with Gasteiger partial charge in [0, 0.05) is 39.4 Å². The second-order valence-corrected chi connectivity index (χ2v) is 9.27. The molecule has 2 fully saturated rings. The van der Waals surface area contributed by atoms with E-state index in [-0.39, 0.29) is 38.1 Å². The zero-order chi connectivity index (χ0) is 25.9. The minimum atomic E-state index is -0.977. The Hall–Kier alpha value is -4.08. The topological polar surface area (TPSA) is 111 Å². The average molecular weight is 495 g/mol. The van der Waals surface area contributed by atoms with E-state index < -0.39 is 17.6 Å². The zero-order valence-corrected chi connectivity index (χ0v) is 20.4. The number of carbonyl (C=O) groups excluding carboxylic acids is 3. The Kier molecular flexibility index (Phi) is 7.14. The summed E-state index contributed by atoms with van der Waals surface area (Å²) in [7, 11) is 3.17. The Morgan fingerprint density at radius 1 is 1.03 bits per heavy atom. The van der Waals surface area contributed by atoms with E-state index in [0.717, 1.165) is 11.3 Å². The number of amides is 3. The highest BCUT2D eigenvalue weighted by Gasteiger charge is 2.54. The normalized spacial score (nSPS) is 16.8. The molecule has 1 N–H and O–H groups in total. The van der Waals surface area contributed by atoms with E-state index >= 15 is 0 Å². The molecule has 190 valence electrons. The summed E-state index contributed by atoms with van der Waals surface area (Å²) in [5.74, 6) is -0.980. The number of rotatable bonds is 6. The van der Waals surface area contributed by atoms with Crippen LogP contribution in [0.1, 0.15) is 28.8 Å². The van der Waals surface area contributed by atoms with Crippen LogP contribution in [0.3, 0.4) is 0 Å². The summed E-state index contributed by atoms with van der Waals surface area (Å²) < 4.78 is 5.12. The molecule has 2 aliphatic heterocycles. The van der Waals surface area contributed by atoms with Crippen LogP contribution >= 0.6 is 0 Å². The third-order valence-electron chi connectivity index (χ3n) is 6.80. The molecule has 10 heteroatoms. The van der Waals surface area contributed by atoms with Gasteiger partial charge in [-0.15, -0.1) is 0 Å². The minimum Gasteiger partial charge on any atom is -0.465 e. The predicted molar refractivity (Wildman–Crippen MR) is 131 cm³/mol. The second-order valence-electron chi connectivity index (χ2n) is 9.27. The van der Waals surface area contributed by atoms with E-state index in [4.69, 9.17) is 4.74 Å². The van der Waals surface area contributed by atoms with Gasteiger partial charge in [-0.25, -0.2) is 9.59 Å². The number of likely N-dealkylation sites (tertiary alicyclic amines) is 1. The van der Waals surface area contributed by atoms with Crippen molar-refractivity contribution in [3.8, 4) is 0 Å². The fraction of sp³-hybridized carbons (Fsp3) is 0.385. The highest BCUT2D eigenvalue weighted by molar-refractivity contribution is 5.94. The quantitative estimate of drug-likeness (QED) is 0.613.